The Kier molecular flexibility index (Phi) is 2.25. The topological polar surface area (TPSA) is 40.5 Å². The molecule has 0 aliphatic heterocycles. The summed E-state index contributed by atoms with van der Waals surface area (Å²) >= 11 is 0. The molecule has 4 bridgehead atoms. The van der Waals surface area contributed by atoms with Crippen molar-refractivity contribution in [3.05, 3.63) is 29.8 Å². The van der Waals surface area contributed by atoms with Gasteiger partial charge in [-0.2, -0.15) is 0 Å². The number of hydrogen-bond acceptors (Lipinski definition) is 2. The van der Waals surface area contributed by atoms with Gasteiger partial charge >= 0.3 is 0 Å². The maximum Gasteiger partial charge on any atom is 0.115 e. The van der Waals surface area contributed by atoms with Crippen LogP contribution < -0.4 is 0 Å². The SMILES string of the molecule is Oc1cccc([C@H]2[C@@H]3C[C@H]4C[C@@H](C3)[C@@H](O)[C@@H]2C4)c1. The van der Waals surface area contributed by atoms with E-state index in [4.69, 9.17) is 0 Å². The zero-order valence-electron chi connectivity index (χ0n) is 10.5. The van der Waals surface area contributed by atoms with E-state index >= 15 is 0 Å². The van der Waals surface area contributed by atoms with Crippen molar-refractivity contribution < 1.29 is 10.2 Å². The fraction of sp³-hybridized carbons (Fsp3) is 0.625. The molecule has 1 aromatic rings. The predicted molar refractivity (Wildman–Crippen MR) is 69.3 cm³/mol. The van der Waals surface area contributed by atoms with Gasteiger partial charge in [-0.25, -0.2) is 0 Å². The van der Waals surface area contributed by atoms with Crippen molar-refractivity contribution in [2.45, 2.75) is 37.7 Å². The van der Waals surface area contributed by atoms with E-state index in [2.05, 4.69) is 6.07 Å². The lowest BCUT2D eigenvalue weighted by atomic mass is 9.49. The summed E-state index contributed by atoms with van der Waals surface area (Å²) in [6.07, 6.45) is 4.86. The number of aliphatic hydroxyl groups excluding tert-OH is 1. The van der Waals surface area contributed by atoms with E-state index in [-0.39, 0.29) is 6.10 Å². The number of rotatable bonds is 1. The van der Waals surface area contributed by atoms with Crippen molar-refractivity contribution in [2.24, 2.45) is 23.7 Å². The van der Waals surface area contributed by atoms with Crippen LogP contribution in [-0.4, -0.2) is 16.3 Å². The molecule has 0 radical (unpaired) electrons. The second-order valence-corrected chi connectivity index (χ2v) is 6.60. The molecular weight excluding hydrogens is 224 g/mol. The van der Waals surface area contributed by atoms with Crippen molar-refractivity contribution in [1.29, 1.82) is 0 Å². The Bertz CT molecular complexity index is 470. The first-order valence-corrected chi connectivity index (χ1v) is 7.19. The summed E-state index contributed by atoms with van der Waals surface area (Å²) in [5.74, 6) is 3.41. The van der Waals surface area contributed by atoms with Crippen LogP contribution in [0.5, 0.6) is 5.75 Å². The molecule has 0 unspecified atom stereocenters. The average molecular weight is 244 g/mol. The molecule has 96 valence electrons. The Morgan fingerprint density at radius 1 is 1.00 bits per heavy atom. The number of hydrogen-bond donors (Lipinski definition) is 2. The van der Waals surface area contributed by atoms with Crippen LogP contribution in [0.3, 0.4) is 0 Å². The van der Waals surface area contributed by atoms with E-state index in [0.717, 1.165) is 11.8 Å². The standard InChI is InChI=1S/C16H20O2/c17-13-3-1-2-10(8-13)15-11-4-9-5-12(7-11)16(18)14(15)6-9/h1-3,8-9,11-12,14-18H,4-7H2/t9-,11+,12-,14+,15-,16+/m0/s1. The molecular formula is C16H20O2. The van der Waals surface area contributed by atoms with Gasteiger partial charge in [-0.15, -0.1) is 0 Å². The molecule has 4 fully saturated rings. The highest BCUT2D eigenvalue weighted by Crippen LogP contribution is 2.59. The summed E-state index contributed by atoms with van der Waals surface area (Å²) in [7, 11) is 0. The molecule has 0 saturated heterocycles. The Balaban J connectivity index is 1.73. The van der Waals surface area contributed by atoms with Crippen LogP contribution in [0.15, 0.2) is 24.3 Å². The smallest absolute Gasteiger partial charge is 0.115 e. The summed E-state index contributed by atoms with van der Waals surface area (Å²) in [5, 5.41) is 20.1. The van der Waals surface area contributed by atoms with Crippen LogP contribution >= 0.6 is 0 Å². The summed E-state index contributed by atoms with van der Waals surface area (Å²) < 4.78 is 0. The van der Waals surface area contributed by atoms with E-state index < -0.39 is 0 Å². The Labute approximate surface area is 108 Å². The fourth-order valence-corrected chi connectivity index (χ4v) is 5.13. The third-order valence-corrected chi connectivity index (χ3v) is 5.63. The van der Waals surface area contributed by atoms with Gasteiger partial charge in [-0.1, -0.05) is 12.1 Å². The van der Waals surface area contributed by atoms with Crippen LogP contribution in [0.1, 0.15) is 37.2 Å². The zero-order chi connectivity index (χ0) is 12.3. The summed E-state index contributed by atoms with van der Waals surface area (Å²) in [4.78, 5) is 0. The number of aromatic hydroxyl groups is 1. The van der Waals surface area contributed by atoms with Gasteiger partial charge in [0.1, 0.15) is 5.75 Å². The number of aliphatic hydroxyl groups is 1. The van der Waals surface area contributed by atoms with Crippen LogP contribution in [0, 0.1) is 23.7 Å². The quantitative estimate of drug-likeness (QED) is 0.797. The van der Waals surface area contributed by atoms with Crippen LogP contribution in [-0.2, 0) is 0 Å². The lowest BCUT2D eigenvalue weighted by Crippen LogP contribution is -2.52. The first-order chi connectivity index (χ1) is 8.72. The molecule has 4 aliphatic carbocycles. The molecule has 6 atom stereocenters. The van der Waals surface area contributed by atoms with Gasteiger partial charge in [-0.05, 0) is 73.0 Å². The normalized spacial score (nSPS) is 45.4. The lowest BCUT2D eigenvalue weighted by Gasteiger charge is -2.57. The largest absolute Gasteiger partial charge is 0.508 e. The monoisotopic (exact) mass is 244 g/mol. The molecule has 18 heavy (non-hydrogen) atoms. The summed E-state index contributed by atoms with van der Waals surface area (Å²) in [6.45, 7) is 0. The highest BCUT2D eigenvalue weighted by molar-refractivity contribution is 5.32. The van der Waals surface area contributed by atoms with Gasteiger partial charge < -0.3 is 10.2 Å². The minimum atomic E-state index is -0.106. The molecule has 1 aromatic carbocycles. The molecule has 0 aromatic heterocycles. The molecule has 0 heterocycles. The van der Waals surface area contributed by atoms with E-state index in [9.17, 15) is 10.2 Å². The second-order valence-electron chi connectivity index (χ2n) is 6.60. The third kappa shape index (κ3) is 1.45. The molecule has 2 N–H and O–H groups in total. The molecule has 0 amide bonds. The highest BCUT2D eigenvalue weighted by Gasteiger charge is 2.53. The van der Waals surface area contributed by atoms with Crippen molar-refractivity contribution in [1.82, 2.24) is 0 Å². The third-order valence-electron chi connectivity index (χ3n) is 5.63. The average Bonchev–Trinajstić information content (AvgIpc) is 2.35. The van der Waals surface area contributed by atoms with Gasteiger partial charge in [0.25, 0.3) is 0 Å². The van der Waals surface area contributed by atoms with Crippen LogP contribution in [0.25, 0.3) is 0 Å². The van der Waals surface area contributed by atoms with Crippen LogP contribution in [0.4, 0.5) is 0 Å². The highest BCUT2D eigenvalue weighted by atomic mass is 16.3. The van der Waals surface area contributed by atoms with Crippen molar-refractivity contribution in [3.8, 4) is 5.75 Å². The fourth-order valence-electron chi connectivity index (χ4n) is 5.13. The van der Waals surface area contributed by atoms with E-state index in [1.54, 1.807) is 6.07 Å². The molecule has 0 spiro atoms. The maximum atomic E-state index is 10.5. The summed E-state index contributed by atoms with van der Waals surface area (Å²) in [5.41, 5.74) is 1.24. The van der Waals surface area contributed by atoms with Gasteiger partial charge in [0, 0.05) is 0 Å². The van der Waals surface area contributed by atoms with Crippen molar-refractivity contribution in [2.75, 3.05) is 0 Å². The minimum absolute atomic E-state index is 0.106. The van der Waals surface area contributed by atoms with Gasteiger partial charge in [0.15, 0.2) is 0 Å². The van der Waals surface area contributed by atoms with Crippen molar-refractivity contribution in [3.63, 3.8) is 0 Å². The summed E-state index contributed by atoms with van der Waals surface area (Å²) in [6, 6.07) is 7.69. The first-order valence-electron chi connectivity index (χ1n) is 7.19. The predicted octanol–water partition coefficient (Wildman–Crippen LogP) is 2.90. The second kappa shape index (κ2) is 3.74. The van der Waals surface area contributed by atoms with E-state index in [1.165, 1.54) is 31.2 Å². The van der Waals surface area contributed by atoms with Crippen molar-refractivity contribution >= 4 is 0 Å². The maximum absolute atomic E-state index is 10.5. The van der Waals surface area contributed by atoms with Gasteiger partial charge in [0.2, 0.25) is 0 Å². The molecule has 4 saturated carbocycles. The molecule has 2 heteroatoms. The van der Waals surface area contributed by atoms with Crippen LogP contribution in [0.2, 0.25) is 0 Å². The first kappa shape index (κ1) is 10.9. The lowest BCUT2D eigenvalue weighted by molar-refractivity contribution is -0.107. The molecule has 5 rings (SSSR count). The number of benzene rings is 1. The van der Waals surface area contributed by atoms with Gasteiger partial charge in [-0.3, -0.25) is 0 Å². The Morgan fingerprint density at radius 3 is 2.67 bits per heavy atom. The molecule has 4 aliphatic rings. The minimum Gasteiger partial charge on any atom is -0.508 e. The molecule has 2 nitrogen and oxygen atoms in total. The Hall–Kier alpha value is -1.02. The Morgan fingerprint density at radius 2 is 1.83 bits per heavy atom. The van der Waals surface area contributed by atoms with E-state index in [0.29, 0.717) is 23.5 Å². The zero-order valence-corrected chi connectivity index (χ0v) is 10.5. The van der Waals surface area contributed by atoms with E-state index in [1.807, 2.05) is 12.1 Å². The van der Waals surface area contributed by atoms with Gasteiger partial charge in [0.05, 0.1) is 6.10 Å². The number of phenolic OH excluding ortho intramolecular Hbond substituents is 1. The number of phenols is 1.